The summed E-state index contributed by atoms with van der Waals surface area (Å²) in [7, 11) is -3.08. The van der Waals surface area contributed by atoms with E-state index >= 15 is 0 Å². The maximum absolute atomic E-state index is 12.6. The third-order valence-corrected chi connectivity index (χ3v) is 6.37. The van der Waals surface area contributed by atoms with E-state index in [4.69, 9.17) is 16.0 Å². The van der Waals surface area contributed by atoms with Gasteiger partial charge in [-0.3, -0.25) is 4.79 Å². The zero-order chi connectivity index (χ0) is 19.0. The second-order valence-corrected chi connectivity index (χ2v) is 9.02. The third-order valence-electron chi connectivity index (χ3n) is 4.35. The van der Waals surface area contributed by atoms with Gasteiger partial charge < -0.3 is 9.73 Å². The molecule has 140 valence electrons. The van der Waals surface area contributed by atoms with Crippen LogP contribution in [0.3, 0.4) is 0 Å². The summed E-state index contributed by atoms with van der Waals surface area (Å²) in [4.78, 5) is 12.6. The van der Waals surface area contributed by atoms with Gasteiger partial charge in [0.05, 0.1) is 23.5 Å². The first-order valence-corrected chi connectivity index (χ1v) is 10.5. The van der Waals surface area contributed by atoms with Crippen molar-refractivity contribution in [2.45, 2.75) is 12.5 Å². The molecule has 0 unspecified atom stereocenters. The summed E-state index contributed by atoms with van der Waals surface area (Å²) in [5.41, 5.74) is 1.50. The second-order valence-electron chi connectivity index (χ2n) is 6.35. The van der Waals surface area contributed by atoms with Crippen molar-refractivity contribution in [3.63, 3.8) is 0 Å². The lowest BCUT2D eigenvalue weighted by atomic mass is 10.2. The van der Waals surface area contributed by atoms with E-state index in [1.54, 1.807) is 47.1 Å². The summed E-state index contributed by atoms with van der Waals surface area (Å²) in [5.74, 6) is 0.189. The molecule has 1 saturated heterocycles. The average molecular weight is 406 g/mol. The van der Waals surface area contributed by atoms with Crippen LogP contribution in [0.15, 0.2) is 53.1 Å². The second kappa shape index (κ2) is 6.86. The van der Waals surface area contributed by atoms with Crippen molar-refractivity contribution in [2.75, 3.05) is 11.5 Å². The minimum atomic E-state index is -3.08. The number of aromatic nitrogens is 2. The van der Waals surface area contributed by atoms with Crippen molar-refractivity contribution in [1.29, 1.82) is 0 Å². The number of carbonyl (C=O) groups is 1. The summed E-state index contributed by atoms with van der Waals surface area (Å²) in [6.07, 6.45) is 1.95. The Balaban J connectivity index is 1.67. The lowest BCUT2D eigenvalue weighted by Gasteiger charge is -2.09. The van der Waals surface area contributed by atoms with Crippen LogP contribution in [0.25, 0.3) is 17.1 Å². The first kappa shape index (κ1) is 17.8. The number of sulfone groups is 1. The summed E-state index contributed by atoms with van der Waals surface area (Å²) in [6.45, 7) is 0. The van der Waals surface area contributed by atoms with Crippen LogP contribution < -0.4 is 5.32 Å². The van der Waals surface area contributed by atoms with Gasteiger partial charge in [-0.2, -0.15) is 5.10 Å². The first-order chi connectivity index (χ1) is 12.9. The van der Waals surface area contributed by atoms with Gasteiger partial charge in [0.25, 0.3) is 5.91 Å². The zero-order valence-electron chi connectivity index (χ0n) is 14.1. The van der Waals surface area contributed by atoms with E-state index in [0.29, 0.717) is 28.6 Å². The molecule has 9 heteroatoms. The highest BCUT2D eigenvalue weighted by Crippen LogP contribution is 2.25. The number of furan rings is 1. The van der Waals surface area contributed by atoms with E-state index in [9.17, 15) is 13.2 Å². The van der Waals surface area contributed by atoms with Crippen LogP contribution in [0.5, 0.6) is 0 Å². The number of hydrogen-bond donors (Lipinski definition) is 1. The molecule has 3 aromatic rings. The van der Waals surface area contributed by atoms with E-state index in [0.717, 1.165) is 0 Å². The highest BCUT2D eigenvalue weighted by molar-refractivity contribution is 7.91. The molecule has 7 nitrogen and oxygen atoms in total. The third kappa shape index (κ3) is 3.77. The topological polar surface area (TPSA) is 94.2 Å². The van der Waals surface area contributed by atoms with Crippen LogP contribution in [0.2, 0.25) is 5.02 Å². The number of hydrogen-bond acceptors (Lipinski definition) is 5. The van der Waals surface area contributed by atoms with E-state index in [2.05, 4.69) is 10.4 Å². The Labute approximate surface area is 160 Å². The minimum absolute atomic E-state index is 0.0400. The van der Waals surface area contributed by atoms with Gasteiger partial charge in [0.1, 0.15) is 5.69 Å². The Morgan fingerprint density at radius 3 is 2.67 bits per heavy atom. The van der Waals surface area contributed by atoms with Crippen LogP contribution in [0.4, 0.5) is 0 Å². The van der Waals surface area contributed by atoms with Gasteiger partial charge in [0, 0.05) is 17.1 Å². The molecule has 4 rings (SSSR count). The van der Waals surface area contributed by atoms with Gasteiger partial charge in [-0.15, -0.1) is 0 Å². The number of benzene rings is 1. The van der Waals surface area contributed by atoms with E-state index in [-0.39, 0.29) is 17.2 Å². The summed E-state index contributed by atoms with van der Waals surface area (Å²) >= 11 is 5.95. The highest BCUT2D eigenvalue weighted by atomic mass is 35.5. The van der Waals surface area contributed by atoms with Gasteiger partial charge in [-0.25, -0.2) is 13.1 Å². The lowest BCUT2D eigenvalue weighted by molar-refractivity contribution is 0.0935. The van der Waals surface area contributed by atoms with Crippen molar-refractivity contribution in [2.24, 2.45) is 0 Å². The molecule has 1 amide bonds. The van der Waals surface area contributed by atoms with E-state index < -0.39 is 21.8 Å². The number of amides is 1. The fraction of sp³-hybridized carbons (Fsp3) is 0.222. The van der Waals surface area contributed by atoms with Gasteiger partial charge in [0.15, 0.2) is 21.3 Å². The number of rotatable bonds is 4. The van der Waals surface area contributed by atoms with Crippen LogP contribution in [-0.4, -0.2) is 41.7 Å². The van der Waals surface area contributed by atoms with Crippen LogP contribution in [0.1, 0.15) is 16.9 Å². The molecule has 0 bridgehead atoms. The molecule has 1 aromatic carbocycles. The fourth-order valence-electron chi connectivity index (χ4n) is 3.04. The predicted octanol–water partition coefficient (Wildman–Crippen LogP) is 2.70. The molecule has 1 aliphatic rings. The average Bonchev–Trinajstić information content (AvgIpc) is 3.34. The molecule has 27 heavy (non-hydrogen) atoms. The van der Waals surface area contributed by atoms with Crippen LogP contribution >= 0.6 is 11.6 Å². The van der Waals surface area contributed by atoms with Crippen LogP contribution in [0, 0.1) is 0 Å². The molecule has 0 aliphatic carbocycles. The SMILES string of the molecule is O=C(N[C@H]1CCS(=O)(=O)C1)c1cc(-c2ccco2)n(-c2ccc(Cl)cc2)n1. The molecule has 0 saturated carbocycles. The maximum Gasteiger partial charge on any atom is 0.272 e. The molecule has 1 aliphatic heterocycles. The smallest absolute Gasteiger partial charge is 0.272 e. The molecule has 1 atom stereocenters. The minimum Gasteiger partial charge on any atom is -0.463 e. The highest BCUT2D eigenvalue weighted by Gasteiger charge is 2.30. The summed E-state index contributed by atoms with van der Waals surface area (Å²) in [6, 6.07) is 11.8. The van der Waals surface area contributed by atoms with Gasteiger partial charge >= 0.3 is 0 Å². The Morgan fingerprint density at radius 2 is 2.04 bits per heavy atom. The van der Waals surface area contributed by atoms with Crippen molar-refractivity contribution in [1.82, 2.24) is 15.1 Å². The molecule has 1 N–H and O–H groups in total. The fourth-order valence-corrected chi connectivity index (χ4v) is 4.84. The number of nitrogens with zero attached hydrogens (tertiary/aromatic N) is 2. The normalized spacial score (nSPS) is 18.5. The monoisotopic (exact) mass is 405 g/mol. The van der Waals surface area contributed by atoms with E-state index in [1.165, 1.54) is 6.26 Å². The Hall–Kier alpha value is -2.58. The molecule has 0 radical (unpaired) electrons. The Kier molecular flexibility index (Phi) is 4.53. The van der Waals surface area contributed by atoms with Crippen molar-refractivity contribution < 1.29 is 17.6 Å². The first-order valence-electron chi connectivity index (χ1n) is 8.32. The zero-order valence-corrected chi connectivity index (χ0v) is 15.7. The van der Waals surface area contributed by atoms with Crippen molar-refractivity contribution in [3.05, 3.63) is 59.4 Å². The lowest BCUT2D eigenvalue weighted by Crippen LogP contribution is -2.35. The van der Waals surface area contributed by atoms with Crippen molar-refractivity contribution >= 4 is 27.3 Å². The number of carbonyl (C=O) groups excluding carboxylic acids is 1. The van der Waals surface area contributed by atoms with Gasteiger partial charge in [-0.1, -0.05) is 11.6 Å². The van der Waals surface area contributed by atoms with Gasteiger partial charge in [0.2, 0.25) is 0 Å². The molecule has 3 heterocycles. The van der Waals surface area contributed by atoms with Crippen LogP contribution in [-0.2, 0) is 9.84 Å². The largest absolute Gasteiger partial charge is 0.463 e. The Bertz CT molecular complexity index is 1070. The molecule has 0 spiro atoms. The maximum atomic E-state index is 12.6. The van der Waals surface area contributed by atoms with E-state index in [1.807, 2.05) is 0 Å². The predicted molar refractivity (Wildman–Crippen MR) is 101 cm³/mol. The van der Waals surface area contributed by atoms with Gasteiger partial charge in [-0.05, 0) is 42.8 Å². The van der Waals surface area contributed by atoms with Crippen molar-refractivity contribution in [3.8, 4) is 17.1 Å². The molecule has 1 fully saturated rings. The Morgan fingerprint density at radius 1 is 1.26 bits per heavy atom. The number of halogens is 1. The quantitative estimate of drug-likeness (QED) is 0.720. The molecular formula is C18H16ClN3O4S. The molecular weight excluding hydrogens is 390 g/mol. The summed E-state index contributed by atoms with van der Waals surface area (Å²) in [5, 5.41) is 7.74. The standard InChI is InChI=1S/C18H16ClN3O4S/c19-12-3-5-14(6-4-12)22-16(17-2-1-8-26-17)10-15(21-22)18(23)20-13-7-9-27(24,25)11-13/h1-6,8,10,13H,7,9,11H2,(H,20,23)/t13-/m0/s1. The molecule has 2 aromatic heterocycles. The summed E-state index contributed by atoms with van der Waals surface area (Å²) < 4.78 is 30.2. The number of nitrogens with one attached hydrogen (secondary N) is 1.